The van der Waals surface area contributed by atoms with Crippen molar-refractivity contribution in [2.75, 3.05) is 0 Å². The van der Waals surface area contributed by atoms with Crippen LogP contribution in [0.15, 0.2) is 59.5 Å². The maximum Gasteiger partial charge on any atom is 0.321 e. The number of carboxylic acids is 1. The molecule has 0 heterocycles. The normalized spacial score (nSPS) is 12.1. The molecule has 2 aromatic rings. The van der Waals surface area contributed by atoms with Gasteiger partial charge in [-0.1, -0.05) is 42.5 Å². The molecule has 0 amide bonds. The van der Waals surface area contributed by atoms with E-state index in [-0.39, 0.29) is 6.61 Å². The quantitative estimate of drug-likeness (QED) is 0.823. The Balaban J connectivity index is 2.19. The van der Waals surface area contributed by atoms with Gasteiger partial charge in [0.2, 0.25) is 0 Å². The number of carboxylic acid groups (broad SMARTS) is 1. The third-order valence-electron chi connectivity index (χ3n) is 2.69. The number of aliphatic hydroxyl groups is 1. The molecule has 0 fully saturated rings. The number of thioether (sulfide) groups is 1. The van der Waals surface area contributed by atoms with Crippen molar-refractivity contribution in [3.8, 4) is 0 Å². The summed E-state index contributed by atoms with van der Waals surface area (Å²) in [4.78, 5) is 12.2. The molecule has 0 spiro atoms. The van der Waals surface area contributed by atoms with Gasteiger partial charge in [-0.15, -0.1) is 11.8 Å². The minimum Gasteiger partial charge on any atom is -0.480 e. The first-order valence-corrected chi connectivity index (χ1v) is 6.73. The van der Waals surface area contributed by atoms with Gasteiger partial charge in [-0.25, -0.2) is 0 Å². The van der Waals surface area contributed by atoms with Crippen molar-refractivity contribution in [3.05, 3.63) is 65.7 Å². The number of hydrogen-bond donors (Lipinski definition) is 2. The highest BCUT2D eigenvalue weighted by Gasteiger charge is 2.20. The van der Waals surface area contributed by atoms with Gasteiger partial charge >= 0.3 is 5.97 Å². The van der Waals surface area contributed by atoms with Crippen LogP contribution in [-0.2, 0) is 11.4 Å². The van der Waals surface area contributed by atoms with Crippen molar-refractivity contribution in [3.63, 3.8) is 0 Å². The molecule has 0 saturated carbocycles. The predicted molar refractivity (Wildman–Crippen MR) is 75.0 cm³/mol. The molecule has 0 aliphatic heterocycles. The molecule has 19 heavy (non-hydrogen) atoms. The van der Waals surface area contributed by atoms with Crippen LogP contribution < -0.4 is 0 Å². The van der Waals surface area contributed by atoms with Crippen LogP contribution in [0.5, 0.6) is 0 Å². The van der Waals surface area contributed by atoms with Crippen LogP contribution in [0.2, 0.25) is 0 Å². The van der Waals surface area contributed by atoms with E-state index in [0.717, 1.165) is 16.0 Å². The summed E-state index contributed by atoms with van der Waals surface area (Å²) in [5.74, 6) is -0.859. The van der Waals surface area contributed by atoms with Crippen LogP contribution in [0.4, 0.5) is 0 Å². The van der Waals surface area contributed by atoms with E-state index in [1.54, 1.807) is 12.1 Å². The summed E-state index contributed by atoms with van der Waals surface area (Å²) in [6.45, 7) is -0.00795. The van der Waals surface area contributed by atoms with Crippen LogP contribution in [-0.4, -0.2) is 16.2 Å². The van der Waals surface area contributed by atoms with Gasteiger partial charge in [0.1, 0.15) is 5.25 Å². The van der Waals surface area contributed by atoms with Gasteiger partial charge in [-0.05, 0) is 23.3 Å². The zero-order chi connectivity index (χ0) is 13.7. The lowest BCUT2D eigenvalue weighted by molar-refractivity contribution is -0.136. The Morgan fingerprint density at radius 1 is 1.05 bits per heavy atom. The molecule has 0 radical (unpaired) electrons. The second-order valence-electron chi connectivity index (χ2n) is 4.05. The number of aliphatic carboxylic acids is 1. The standard InChI is InChI=1S/C15H14O3S/c16-10-11-6-8-13(9-7-11)19-14(15(17)18)12-4-2-1-3-5-12/h1-9,14,16H,10H2,(H,17,18). The Hall–Kier alpha value is -1.78. The zero-order valence-electron chi connectivity index (χ0n) is 10.2. The summed E-state index contributed by atoms with van der Waals surface area (Å²) in [6, 6.07) is 16.4. The van der Waals surface area contributed by atoms with Gasteiger partial charge in [0.15, 0.2) is 0 Å². The molecule has 0 aromatic heterocycles. The fourth-order valence-corrected chi connectivity index (χ4v) is 2.66. The van der Waals surface area contributed by atoms with E-state index in [1.807, 2.05) is 42.5 Å². The highest BCUT2D eigenvalue weighted by atomic mass is 32.2. The molecule has 2 N–H and O–H groups in total. The van der Waals surface area contributed by atoms with Crippen molar-refractivity contribution in [1.82, 2.24) is 0 Å². The topological polar surface area (TPSA) is 57.5 Å². The van der Waals surface area contributed by atoms with E-state index in [0.29, 0.717) is 0 Å². The Labute approximate surface area is 115 Å². The molecule has 4 heteroatoms. The van der Waals surface area contributed by atoms with Crippen molar-refractivity contribution in [2.45, 2.75) is 16.8 Å². The lowest BCUT2D eigenvalue weighted by Crippen LogP contribution is -2.07. The monoisotopic (exact) mass is 274 g/mol. The molecular formula is C15H14O3S. The molecular weight excluding hydrogens is 260 g/mol. The van der Waals surface area contributed by atoms with E-state index in [2.05, 4.69) is 0 Å². The lowest BCUT2D eigenvalue weighted by Gasteiger charge is -2.12. The number of benzene rings is 2. The minimum atomic E-state index is -0.859. The van der Waals surface area contributed by atoms with Gasteiger partial charge in [0.25, 0.3) is 0 Å². The van der Waals surface area contributed by atoms with Crippen molar-refractivity contribution in [1.29, 1.82) is 0 Å². The van der Waals surface area contributed by atoms with Crippen LogP contribution >= 0.6 is 11.8 Å². The Kier molecular flexibility index (Phi) is 4.60. The van der Waals surface area contributed by atoms with Gasteiger partial charge in [-0.2, -0.15) is 0 Å². The van der Waals surface area contributed by atoms with Crippen molar-refractivity contribution in [2.24, 2.45) is 0 Å². The van der Waals surface area contributed by atoms with E-state index in [4.69, 9.17) is 5.11 Å². The zero-order valence-corrected chi connectivity index (χ0v) is 11.0. The summed E-state index contributed by atoms with van der Waals surface area (Å²) < 4.78 is 0. The SMILES string of the molecule is O=C(O)C(Sc1ccc(CO)cc1)c1ccccc1. The predicted octanol–water partition coefficient (Wildman–Crippen LogP) is 3.10. The summed E-state index contributed by atoms with van der Waals surface area (Å²) >= 11 is 1.29. The average molecular weight is 274 g/mol. The lowest BCUT2D eigenvalue weighted by atomic mass is 10.1. The summed E-state index contributed by atoms with van der Waals surface area (Å²) in [6.07, 6.45) is 0. The Morgan fingerprint density at radius 3 is 2.21 bits per heavy atom. The minimum absolute atomic E-state index is 0.00795. The first-order chi connectivity index (χ1) is 9.20. The molecule has 1 atom stereocenters. The highest BCUT2D eigenvalue weighted by molar-refractivity contribution is 8.00. The molecule has 2 aromatic carbocycles. The van der Waals surface area contributed by atoms with E-state index < -0.39 is 11.2 Å². The largest absolute Gasteiger partial charge is 0.480 e. The van der Waals surface area contributed by atoms with Gasteiger partial charge in [0.05, 0.1) is 6.61 Å². The maximum absolute atomic E-state index is 11.4. The summed E-state index contributed by atoms with van der Waals surface area (Å²) in [7, 11) is 0. The molecule has 0 aliphatic carbocycles. The summed E-state index contributed by atoms with van der Waals surface area (Å²) in [5.41, 5.74) is 1.59. The van der Waals surface area contributed by atoms with E-state index >= 15 is 0 Å². The third kappa shape index (κ3) is 3.59. The first kappa shape index (κ1) is 13.6. The fourth-order valence-electron chi connectivity index (χ4n) is 1.70. The first-order valence-electron chi connectivity index (χ1n) is 5.85. The fraction of sp³-hybridized carbons (Fsp3) is 0.133. The average Bonchev–Trinajstić information content (AvgIpc) is 2.46. The smallest absolute Gasteiger partial charge is 0.321 e. The molecule has 0 bridgehead atoms. The van der Waals surface area contributed by atoms with E-state index in [1.165, 1.54) is 11.8 Å². The molecule has 98 valence electrons. The number of rotatable bonds is 5. The van der Waals surface area contributed by atoms with Crippen LogP contribution in [0, 0.1) is 0 Å². The van der Waals surface area contributed by atoms with E-state index in [9.17, 15) is 9.90 Å². The molecule has 0 saturated heterocycles. The van der Waals surface area contributed by atoms with Gasteiger partial charge in [-0.3, -0.25) is 4.79 Å². The molecule has 1 unspecified atom stereocenters. The molecule has 0 aliphatic rings. The van der Waals surface area contributed by atoms with Crippen LogP contribution in [0.1, 0.15) is 16.4 Å². The Morgan fingerprint density at radius 2 is 1.68 bits per heavy atom. The van der Waals surface area contributed by atoms with Crippen LogP contribution in [0.25, 0.3) is 0 Å². The van der Waals surface area contributed by atoms with Crippen molar-refractivity contribution < 1.29 is 15.0 Å². The van der Waals surface area contributed by atoms with Crippen LogP contribution in [0.3, 0.4) is 0 Å². The van der Waals surface area contributed by atoms with Gasteiger partial charge in [0, 0.05) is 4.90 Å². The Bertz CT molecular complexity index is 537. The molecule has 2 rings (SSSR count). The molecule has 3 nitrogen and oxygen atoms in total. The third-order valence-corrected chi connectivity index (χ3v) is 3.94. The highest BCUT2D eigenvalue weighted by Crippen LogP contribution is 2.35. The second-order valence-corrected chi connectivity index (χ2v) is 5.23. The maximum atomic E-state index is 11.4. The second kappa shape index (κ2) is 6.41. The number of hydrogen-bond acceptors (Lipinski definition) is 3. The van der Waals surface area contributed by atoms with Crippen molar-refractivity contribution >= 4 is 17.7 Å². The number of carbonyl (C=O) groups is 1. The van der Waals surface area contributed by atoms with Gasteiger partial charge < -0.3 is 10.2 Å². The summed E-state index contributed by atoms with van der Waals surface area (Å²) in [5, 5.41) is 17.7. The number of aliphatic hydroxyl groups excluding tert-OH is 1.